The van der Waals surface area contributed by atoms with E-state index in [4.69, 9.17) is 4.74 Å². The fourth-order valence-electron chi connectivity index (χ4n) is 1.83. The van der Waals surface area contributed by atoms with E-state index in [0.29, 0.717) is 6.61 Å². The van der Waals surface area contributed by atoms with E-state index in [1.807, 2.05) is 30.3 Å². The molecule has 0 spiro atoms. The van der Waals surface area contributed by atoms with Crippen LogP contribution in [0, 0.1) is 5.92 Å². The SMILES string of the molecule is C=C(C(=O)OC)[C@@H](C)[C@@H](O)[C@@H](C)OCc1ccccc1. The van der Waals surface area contributed by atoms with Crippen LogP contribution in [0.4, 0.5) is 0 Å². The molecule has 4 nitrogen and oxygen atoms in total. The van der Waals surface area contributed by atoms with E-state index in [0.717, 1.165) is 5.56 Å². The molecule has 110 valence electrons. The molecule has 0 saturated carbocycles. The van der Waals surface area contributed by atoms with Crippen LogP contribution in [0.3, 0.4) is 0 Å². The normalized spacial score (nSPS) is 15.2. The molecule has 4 heteroatoms. The second-order valence-electron chi connectivity index (χ2n) is 4.80. The Morgan fingerprint density at radius 3 is 2.45 bits per heavy atom. The molecule has 20 heavy (non-hydrogen) atoms. The molecule has 1 N–H and O–H groups in total. The third-order valence-corrected chi connectivity index (χ3v) is 3.35. The molecule has 0 aliphatic carbocycles. The maximum absolute atomic E-state index is 11.4. The van der Waals surface area contributed by atoms with E-state index >= 15 is 0 Å². The number of carbonyl (C=O) groups is 1. The maximum Gasteiger partial charge on any atom is 0.333 e. The zero-order valence-electron chi connectivity index (χ0n) is 12.2. The van der Waals surface area contributed by atoms with Crippen molar-refractivity contribution >= 4 is 5.97 Å². The van der Waals surface area contributed by atoms with Crippen molar-refractivity contribution in [2.45, 2.75) is 32.7 Å². The van der Waals surface area contributed by atoms with Crippen LogP contribution < -0.4 is 0 Å². The summed E-state index contributed by atoms with van der Waals surface area (Å²) in [6, 6.07) is 9.71. The van der Waals surface area contributed by atoms with Crippen molar-refractivity contribution < 1.29 is 19.4 Å². The Balaban J connectivity index is 2.52. The summed E-state index contributed by atoms with van der Waals surface area (Å²) in [5.74, 6) is -0.931. The van der Waals surface area contributed by atoms with Gasteiger partial charge < -0.3 is 14.6 Å². The van der Waals surface area contributed by atoms with Gasteiger partial charge in [-0.1, -0.05) is 43.8 Å². The van der Waals surface area contributed by atoms with Crippen LogP contribution in [-0.4, -0.2) is 30.4 Å². The Bertz CT molecular complexity index is 441. The molecule has 0 saturated heterocycles. The molecule has 0 heterocycles. The van der Waals surface area contributed by atoms with Gasteiger partial charge in [0.1, 0.15) is 0 Å². The Labute approximate surface area is 120 Å². The van der Waals surface area contributed by atoms with Gasteiger partial charge in [-0.05, 0) is 12.5 Å². The summed E-state index contributed by atoms with van der Waals surface area (Å²) in [7, 11) is 1.29. The zero-order chi connectivity index (χ0) is 15.1. The number of hydrogen-bond acceptors (Lipinski definition) is 4. The second-order valence-corrected chi connectivity index (χ2v) is 4.80. The van der Waals surface area contributed by atoms with Crippen molar-refractivity contribution in [1.29, 1.82) is 0 Å². The Morgan fingerprint density at radius 1 is 1.30 bits per heavy atom. The number of esters is 1. The van der Waals surface area contributed by atoms with Crippen LogP contribution in [0.5, 0.6) is 0 Å². The van der Waals surface area contributed by atoms with Crippen LogP contribution in [0.2, 0.25) is 0 Å². The third kappa shape index (κ3) is 4.47. The molecule has 0 fully saturated rings. The fourth-order valence-corrected chi connectivity index (χ4v) is 1.83. The monoisotopic (exact) mass is 278 g/mol. The highest BCUT2D eigenvalue weighted by Gasteiger charge is 2.27. The van der Waals surface area contributed by atoms with E-state index in [2.05, 4.69) is 11.3 Å². The molecule has 1 aromatic rings. The molecule has 0 aliphatic rings. The lowest BCUT2D eigenvalue weighted by Crippen LogP contribution is -2.34. The molecular weight excluding hydrogens is 256 g/mol. The summed E-state index contributed by atoms with van der Waals surface area (Å²) in [6.07, 6.45) is -1.23. The molecule has 1 rings (SSSR count). The van der Waals surface area contributed by atoms with Crippen molar-refractivity contribution in [3.8, 4) is 0 Å². The lowest BCUT2D eigenvalue weighted by Gasteiger charge is -2.25. The molecular formula is C16H22O4. The van der Waals surface area contributed by atoms with Gasteiger partial charge in [0.25, 0.3) is 0 Å². The zero-order valence-corrected chi connectivity index (χ0v) is 12.2. The van der Waals surface area contributed by atoms with Crippen molar-refractivity contribution in [3.05, 3.63) is 48.0 Å². The van der Waals surface area contributed by atoms with Crippen LogP contribution in [0.15, 0.2) is 42.5 Å². The van der Waals surface area contributed by atoms with Crippen molar-refractivity contribution in [3.63, 3.8) is 0 Å². The highest BCUT2D eigenvalue weighted by atomic mass is 16.5. The number of ether oxygens (including phenoxy) is 2. The number of aliphatic hydroxyl groups is 1. The summed E-state index contributed by atoms with van der Waals surface area (Å²) in [5.41, 5.74) is 1.28. The number of benzene rings is 1. The quantitative estimate of drug-likeness (QED) is 0.614. The van der Waals surface area contributed by atoms with Gasteiger partial charge in [-0.15, -0.1) is 0 Å². The second kappa shape index (κ2) is 7.82. The number of methoxy groups -OCH3 is 1. The highest BCUT2D eigenvalue weighted by Crippen LogP contribution is 2.19. The summed E-state index contributed by atoms with van der Waals surface area (Å²) in [5, 5.41) is 10.2. The maximum atomic E-state index is 11.4. The first-order chi connectivity index (χ1) is 9.47. The van der Waals surface area contributed by atoms with E-state index in [-0.39, 0.29) is 5.57 Å². The van der Waals surface area contributed by atoms with Crippen molar-refractivity contribution in [2.75, 3.05) is 7.11 Å². The van der Waals surface area contributed by atoms with E-state index in [1.165, 1.54) is 7.11 Å². The molecule has 0 aromatic heterocycles. The first-order valence-electron chi connectivity index (χ1n) is 6.58. The molecule has 0 bridgehead atoms. The Hall–Kier alpha value is -1.65. The van der Waals surface area contributed by atoms with Gasteiger partial charge in [-0.2, -0.15) is 0 Å². The summed E-state index contributed by atoms with van der Waals surface area (Å²) in [6.45, 7) is 7.57. The lowest BCUT2D eigenvalue weighted by molar-refractivity contribution is -0.137. The topological polar surface area (TPSA) is 55.8 Å². The molecule has 0 radical (unpaired) electrons. The largest absolute Gasteiger partial charge is 0.466 e. The molecule has 0 unspecified atom stereocenters. The molecule has 3 atom stereocenters. The lowest BCUT2D eigenvalue weighted by atomic mass is 9.93. The van der Waals surface area contributed by atoms with Gasteiger partial charge >= 0.3 is 5.97 Å². The van der Waals surface area contributed by atoms with Gasteiger partial charge in [0.2, 0.25) is 0 Å². The van der Waals surface area contributed by atoms with Gasteiger partial charge in [0.05, 0.1) is 25.9 Å². The van der Waals surface area contributed by atoms with E-state index in [9.17, 15) is 9.90 Å². The minimum atomic E-state index is -0.815. The van der Waals surface area contributed by atoms with Gasteiger partial charge in [-0.25, -0.2) is 4.79 Å². The predicted molar refractivity (Wildman–Crippen MR) is 77.0 cm³/mol. The number of rotatable bonds is 7. The molecule has 1 aromatic carbocycles. The molecule has 0 aliphatic heterocycles. The van der Waals surface area contributed by atoms with Crippen LogP contribution in [0.1, 0.15) is 19.4 Å². The van der Waals surface area contributed by atoms with Gasteiger partial charge in [0, 0.05) is 11.5 Å². The Morgan fingerprint density at radius 2 is 1.90 bits per heavy atom. The summed E-state index contributed by atoms with van der Waals surface area (Å²) >= 11 is 0. The van der Waals surface area contributed by atoms with Crippen molar-refractivity contribution in [1.82, 2.24) is 0 Å². The van der Waals surface area contributed by atoms with Crippen molar-refractivity contribution in [2.24, 2.45) is 5.92 Å². The first-order valence-corrected chi connectivity index (χ1v) is 6.58. The van der Waals surface area contributed by atoms with E-state index < -0.39 is 24.1 Å². The third-order valence-electron chi connectivity index (χ3n) is 3.35. The minimum absolute atomic E-state index is 0.246. The minimum Gasteiger partial charge on any atom is -0.466 e. The standard InChI is InChI=1S/C16H22O4/c1-11(12(2)16(18)19-4)15(17)13(3)20-10-14-8-6-5-7-9-14/h5-9,11,13,15,17H,2,10H2,1,3-4H3/t11-,13-,15-/m1/s1. The average molecular weight is 278 g/mol. The number of carbonyl (C=O) groups excluding carboxylic acids is 1. The van der Waals surface area contributed by atoms with Gasteiger partial charge in [-0.3, -0.25) is 0 Å². The smallest absolute Gasteiger partial charge is 0.333 e. The van der Waals surface area contributed by atoms with Gasteiger partial charge in [0.15, 0.2) is 0 Å². The highest BCUT2D eigenvalue weighted by molar-refractivity contribution is 5.88. The van der Waals surface area contributed by atoms with Crippen LogP contribution in [-0.2, 0) is 20.9 Å². The number of aliphatic hydroxyl groups excluding tert-OH is 1. The Kier molecular flexibility index (Phi) is 6.42. The average Bonchev–Trinajstić information content (AvgIpc) is 2.50. The summed E-state index contributed by atoms with van der Waals surface area (Å²) in [4.78, 5) is 11.4. The first kappa shape index (κ1) is 16.4. The van der Waals surface area contributed by atoms with E-state index in [1.54, 1.807) is 13.8 Å². The molecule has 0 amide bonds. The fraction of sp³-hybridized carbons (Fsp3) is 0.438. The van der Waals surface area contributed by atoms with Crippen LogP contribution >= 0.6 is 0 Å². The predicted octanol–water partition coefficient (Wildman–Crippen LogP) is 2.32. The number of hydrogen-bond donors (Lipinski definition) is 1. The van der Waals surface area contributed by atoms with Crippen LogP contribution in [0.25, 0.3) is 0 Å². The summed E-state index contributed by atoms with van der Waals surface area (Å²) < 4.78 is 10.2.